The maximum atomic E-state index is 14.3. The molecule has 0 bridgehead atoms. The number of likely N-dealkylation sites (tertiary alicyclic amines) is 1. The monoisotopic (exact) mass is 617 g/mol. The van der Waals surface area contributed by atoms with Gasteiger partial charge in [0.1, 0.15) is 11.3 Å². The molecule has 2 N–H and O–H groups in total. The third-order valence-corrected chi connectivity index (χ3v) is 9.05. The molecule has 1 aliphatic carbocycles. The van der Waals surface area contributed by atoms with E-state index in [1.54, 1.807) is 12.3 Å². The fourth-order valence-corrected chi connectivity index (χ4v) is 6.83. The fraction of sp³-hybridized carbons (Fsp3) is 0.364. The standard InChI is InChI=1S/C33H34F3N7O2/c1-4-30(44)38-25-11-26(29(45-3)12-28(25)42-16-19-14-41(2)15-20(19)17-42)39-32-37-13-24(33(34,35)36)31(40-32)23-18-43(21-9-10-21)27-8-6-5-7-22(23)27/h4-8,11-13,18-21H,1,9-10,14-17H2,2-3H3,(H,38,44)(H,37,39,40). The number of ether oxygens (including phenoxy) is 1. The van der Waals surface area contributed by atoms with E-state index >= 15 is 0 Å². The third-order valence-electron chi connectivity index (χ3n) is 9.05. The molecule has 2 atom stereocenters. The summed E-state index contributed by atoms with van der Waals surface area (Å²) in [5.41, 5.74) is 1.85. The number of amides is 1. The molecular weight excluding hydrogens is 583 g/mol. The lowest BCUT2D eigenvalue weighted by Gasteiger charge is -2.26. The van der Waals surface area contributed by atoms with Crippen LogP contribution in [0.1, 0.15) is 24.4 Å². The molecule has 2 aromatic carbocycles. The molecule has 4 heterocycles. The van der Waals surface area contributed by atoms with Gasteiger partial charge in [-0.05, 0) is 49.9 Å². The van der Waals surface area contributed by atoms with E-state index in [9.17, 15) is 18.0 Å². The van der Waals surface area contributed by atoms with Crippen molar-refractivity contribution in [2.75, 3.05) is 55.9 Å². The number of methoxy groups -OCH3 is 1. The molecule has 2 aromatic heterocycles. The zero-order valence-electron chi connectivity index (χ0n) is 25.1. The van der Waals surface area contributed by atoms with Crippen LogP contribution in [-0.2, 0) is 11.0 Å². The number of anilines is 4. The van der Waals surface area contributed by atoms with Gasteiger partial charge < -0.3 is 29.7 Å². The fourth-order valence-electron chi connectivity index (χ4n) is 6.83. The first-order chi connectivity index (χ1) is 21.6. The highest BCUT2D eigenvalue weighted by molar-refractivity contribution is 6.02. The van der Waals surface area contributed by atoms with Gasteiger partial charge in [-0.1, -0.05) is 24.8 Å². The van der Waals surface area contributed by atoms with Crippen LogP contribution in [-0.4, -0.2) is 65.7 Å². The Bertz CT molecular complexity index is 1790. The molecule has 234 valence electrons. The molecule has 0 spiro atoms. The van der Waals surface area contributed by atoms with Gasteiger partial charge in [-0.25, -0.2) is 9.97 Å². The summed E-state index contributed by atoms with van der Waals surface area (Å²) >= 11 is 0. The van der Waals surface area contributed by atoms with E-state index in [1.165, 1.54) is 13.2 Å². The number of aromatic nitrogens is 3. The molecule has 2 aliphatic heterocycles. The Balaban J connectivity index is 1.29. The Labute approximate surface area is 258 Å². The summed E-state index contributed by atoms with van der Waals surface area (Å²) in [5, 5.41) is 6.66. The Morgan fingerprint density at radius 3 is 2.49 bits per heavy atom. The number of rotatable bonds is 8. The predicted molar refractivity (Wildman–Crippen MR) is 168 cm³/mol. The topological polar surface area (TPSA) is 87.5 Å². The molecule has 3 aliphatic rings. The molecular formula is C33H34F3N7O2. The Kier molecular flexibility index (Phi) is 7.19. The van der Waals surface area contributed by atoms with E-state index in [1.807, 2.05) is 34.9 Å². The summed E-state index contributed by atoms with van der Waals surface area (Å²) in [6, 6.07) is 11.2. The summed E-state index contributed by atoms with van der Waals surface area (Å²) in [4.78, 5) is 25.6. The molecule has 1 amide bonds. The van der Waals surface area contributed by atoms with E-state index in [-0.39, 0.29) is 23.6 Å². The third kappa shape index (κ3) is 5.47. The number of carbonyl (C=O) groups excluding carboxylic acids is 1. The van der Waals surface area contributed by atoms with Crippen LogP contribution in [0.25, 0.3) is 22.2 Å². The van der Waals surface area contributed by atoms with Gasteiger partial charge in [-0.2, -0.15) is 13.2 Å². The molecule has 45 heavy (non-hydrogen) atoms. The number of benzene rings is 2. The van der Waals surface area contributed by atoms with Crippen molar-refractivity contribution in [2.24, 2.45) is 11.8 Å². The SMILES string of the molecule is C=CC(=O)Nc1cc(Nc2ncc(C(F)(F)F)c(-c3cn(C4CC4)c4ccccc34)n2)c(OC)cc1N1CC2CN(C)CC2C1. The van der Waals surface area contributed by atoms with Crippen molar-refractivity contribution < 1.29 is 22.7 Å². The van der Waals surface area contributed by atoms with Gasteiger partial charge in [0, 0.05) is 67.1 Å². The number of para-hydroxylation sites is 1. The number of carbonyl (C=O) groups is 1. The quantitative estimate of drug-likeness (QED) is 0.224. The molecule has 4 aromatic rings. The molecule has 2 saturated heterocycles. The maximum Gasteiger partial charge on any atom is 0.419 e. The summed E-state index contributed by atoms with van der Waals surface area (Å²) in [6.45, 7) is 7.28. The molecule has 0 radical (unpaired) electrons. The van der Waals surface area contributed by atoms with Crippen LogP contribution in [0.4, 0.5) is 36.2 Å². The number of hydrogen-bond donors (Lipinski definition) is 2. The number of halogens is 3. The molecule has 7 rings (SSSR count). The summed E-state index contributed by atoms with van der Waals surface area (Å²) in [7, 11) is 3.65. The molecule has 12 heteroatoms. The molecule has 2 unspecified atom stereocenters. The van der Waals surface area contributed by atoms with Crippen molar-refractivity contribution >= 4 is 39.8 Å². The number of alkyl halides is 3. The van der Waals surface area contributed by atoms with Crippen LogP contribution in [0.5, 0.6) is 5.75 Å². The first-order valence-corrected chi connectivity index (χ1v) is 15.0. The predicted octanol–water partition coefficient (Wildman–Crippen LogP) is 6.33. The number of hydrogen-bond acceptors (Lipinski definition) is 7. The Morgan fingerprint density at radius 2 is 1.82 bits per heavy atom. The van der Waals surface area contributed by atoms with E-state index in [0.717, 1.165) is 56.4 Å². The van der Waals surface area contributed by atoms with Gasteiger partial charge in [0.05, 0.1) is 29.9 Å². The van der Waals surface area contributed by atoms with Crippen molar-refractivity contribution in [2.45, 2.75) is 25.1 Å². The van der Waals surface area contributed by atoms with Gasteiger partial charge in [-0.3, -0.25) is 4.79 Å². The maximum absolute atomic E-state index is 14.3. The highest BCUT2D eigenvalue weighted by atomic mass is 19.4. The van der Waals surface area contributed by atoms with E-state index < -0.39 is 11.7 Å². The van der Waals surface area contributed by atoms with Crippen LogP contribution < -0.4 is 20.3 Å². The highest BCUT2D eigenvalue weighted by Crippen LogP contribution is 2.45. The Morgan fingerprint density at radius 1 is 1.09 bits per heavy atom. The second kappa shape index (κ2) is 11.1. The van der Waals surface area contributed by atoms with E-state index in [0.29, 0.717) is 39.9 Å². The van der Waals surface area contributed by atoms with Crippen molar-refractivity contribution in [3.05, 3.63) is 67.0 Å². The molecule has 3 fully saturated rings. The normalized spacial score (nSPS) is 20.0. The van der Waals surface area contributed by atoms with Gasteiger partial charge in [0.2, 0.25) is 11.9 Å². The zero-order valence-corrected chi connectivity index (χ0v) is 25.1. The summed E-state index contributed by atoms with van der Waals surface area (Å²) in [5.74, 6) is 1.06. The number of fused-ring (bicyclic) bond motifs is 2. The first-order valence-electron chi connectivity index (χ1n) is 15.0. The van der Waals surface area contributed by atoms with Crippen LogP contribution in [0, 0.1) is 11.8 Å². The average Bonchev–Trinajstić information content (AvgIpc) is 3.54. The lowest BCUT2D eigenvalue weighted by molar-refractivity contribution is -0.137. The van der Waals surface area contributed by atoms with Gasteiger partial charge >= 0.3 is 6.18 Å². The van der Waals surface area contributed by atoms with Crippen molar-refractivity contribution in [1.82, 2.24) is 19.4 Å². The first kappa shape index (κ1) is 29.1. The van der Waals surface area contributed by atoms with Crippen molar-refractivity contribution in [1.29, 1.82) is 0 Å². The largest absolute Gasteiger partial charge is 0.494 e. The van der Waals surface area contributed by atoms with E-state index in [2.05, 4.69) is 44.0 Å². The highest BCUT2D eigenvalue weighted by Gasteiger charge is 2.40. The van der Waals surface area contributed by atoms with Crippen LogP contribution >= 0.6 is 0 Å². The Hall–Kier alpha value is -4.58. The minimum Gasteiger partial charge on any atom is -0.494 e. The van der Waals surface area contributed by atoms with Gasteiger partial charge in [0.15, 0.2) is 0 Å². The van der Waals surface area contributed by atoms with Gasteiger partial charge in [-0.15, -0.1) is 0 Å². The summed E-state index contributed by atoms with van der Waals surface area (Å²) in [6.07, 6.45) is 1.08. The van der Waals surface area contributed by atoms with Gasteiger partial charge in [0.25, 0.3) is 0 Å². The molecule has 1 saturated carbocycles. The smallest absolute Gasteiger partial charge is 0.419 e. The lowest BCUT2D eigenvalue weighted by atomic mass is 10.0. The minimum absolute atomic E-state index is 0.0351. The average molecular weight is 618 g/mol. The van der Waals surface area contributed by atoms with Crippen LogP contribution in [0.15, 0.2) is 61.4 Å². The second-order valence-electron chi connectivity index (χ2n) is 12.2. The summed E-state index contributed by atoms with van der Waals surface area (Å²) < 4.78 is 50.7. The zero-order chi connectivity index (χ0) is 31.5. The number of nitrogens with zero attached hydrogens (tertiary/aromatic N) is 5. The second-order valence-corrected chi connectivity index (χ2v) is 12.2. The van der Waals surface area contributed by atoms with Crippen molar-refractivity contribution in [3.63, 3.8) is 0 Å². The molecule has 9 nitrogen and oxygen atoms in total. The van der Waals surface area contributed by atoms with Crippen LogP contribution in [0.2, 0.25) is 0 Å². The number of nitrogens with one attached hydrogen (secondary N) is 2. The lowest BCUT2D eigenvalue weighted by Crippen LogP contribution is -2.27. The minimum atomic E-state index is -4.67. The van der Waals surface area contributed by atoms with E-state index in [4.69, 9.17) is 4.74 Å². The van der Waals surface area contributed by atoms with Crippen molar-refractivity contribution in [3.8, 4) is 17.0 Å². The van der Waals surface area contributed by atoms with Crippen LogP contribution in [0.3, 0.4) is 0 Å².